The zero-order chi connectivity index (χ0) is 14.3. The molecule has 1 unspecified atom stereocenters. The third-order valence-corrected chi connectivity index (χ3v) is 2.62. The van der Waals surface area contributed by atoms with Gasteiger partial charge in [0.25, 0.3) is 0 Å². The van der Waals surface area contributed by atoms with Crippen LogP contribution in [-0.2, 0) is 9.47 Å². The first-order valence-corrected chi connectivity index (χ1v) is 5.78. The van der Waals surface area contributed by atoms with Crippen LogP contribution in [-0.4, -0.2) is 26.9 Å². The third-order valence-electron chi connectivity index (χ3n) is 2.62. The van der Waals surface area contributed by atoms with Crippen molar-refractivity contribution in [2.45, 2.75) is 12.5 Å². The second-order valence-corrected chi connectivity index (χ2v) is 3.88. The van der Waals surface area contributed by atoms with E-state index in [0.717, 1.165) is 12.1 Å². The number of hydrogen-bond donors (Lipinski definition) is 2. The van der Waals surface area contributed by atoms with Crippen LogP contribution < -0.4 is 11.3 Å². The first-order valence-electron chi connectivity index (χ1n) is 5.78. The Kier molecular flexibility index (Phi) is 6.79. The molecule has 0 radical (unpaired) electrons. The second-order valence-electron chi connectivity index (χ2n) is 3.88. The summed E-state index contributed by atoms with van der Waals surface area (Å²) in [6.45, 7) is 1.13. The van der Waals surface area contributed by atoms with Crippen LogP contribution in [0.2, 0.25) is 0 Å². The molecule has 0 heterocycles. The number of benzene rings is 1. The SMILES string of the molecule is COCCOCCC(NN)c1ccc(F)c(F)c1F. The molecule has 4 nitrogen and oxygen atoms in total. The molecule has 0 spiro atoms. The molecule has 1 rings (SSSR count). The molecule has 0 aromatic heterocycles. The van der Waals surface area contributed by atoms with E-state index in [2.05, 4.69) is 5.43 Å². The maximum atomic E-state index is 13.6. The molecule has 3 N–H and O–H groups in total. The van der Waals surface area contributed by atoms with Crippen LogP contribution in [0.25, 0.3) is 0 Å². The zero-order valence-electron chi connectivity index (χ0n) is 10.6. The largest absolute Gasteiger partial charge is 0.382 e. The van der Waals surface area contributed by atoms with Crippen molar-refractivity contribution in [3.05, 3.63) is 35.1 Å². The van der Waals surface area contributed by atoms with Crippen molar-refractivity contribution in [1.82, 2.24) is 5.43 Å². The van der Waals surface area contributed by atoms with E-state index < -0.39 is 23.5 Å². The van der Waals surface area contributed by atoms with Crippen molar-refractivity contribution >= 4 is 0 Å². The number of nitrogens with one attached hydrogen (secondary N) is 1. The average molecular weight is 278 g/mol. The Balaban J connectivity index is 2.62. The normalized spacial score (nSPS) is 12.7. The standard InChI is InChI=1S/C12H17F3N2O2/c1-18-6-7-19-5-4-10(17-16)8-2-3-9(13)12(15)11(8)14/h2-3,10,17H,4-7,16H2,1H3. The van der Waals surface area contributed by atoms with Gasteiger partial charge in [-0.05, 0) is 12.5 Å². The highest BCUT2D eigenvalue weighted by molar-refractivity contribution is 5.23. The smallest absolute Gasteiger partial charge is 0.194 e. The van der Waals surface area contributed by atoms with Gasteiger partial charge in [-0.15, -0.1) is 0 Å². The summed E-state index contributed by atoms with van der Waals surface area (Å²) < 4.78 is 49.5. The Morgan fingerprint density at radius 3 is 2.53 bits per heavy atom. The fourth-order valence-electron chi connectivity index (χ4n) is 1.58. The van der Waals surface area contributed by atoms with Crippen molar-refractivity contribution in [3.63, 3.8) is 0 Å². The Labute approximate surface area is 109 Å². The van der Waals surface area contributed by atoms with E-state index in [1.54, 1.807) is 7.11 Å². The van der Waals surface area contributed by atoms with Gasteiger partial charge < -0.3 is 9.47 Å². The summed E-state index contributed by atoms with van der Waals surface area (Å²) in [7, 11) is 1.55. The minimum atomic E-state index is -1.50. The summed E-state index contributed by atoms with van der Waals surface area (Å²) in [5, 5.41) is 0. The molecular weight excluding hydrogens is 261 g/mol. The topological polar surface area (TPSA) is 56.5 Å². The highest BCUT2D eigenvalue weighted by Gasteiger charge is 2.19. The molecule has 7 heteroatoms. The van der Waals surface area contributed by atoms with Crippen LogP contribution in [0.15, 0.2) is 12.1 Å². The lowest BCUT2D eigenvalue weighted by atomic mass is 10.0. The summed E-state index contributed by atoms with van der Waals surface area (Å²) in [6, 6.07) is 1.37. The number of rotatable bonds is 8. The van der Waals surface area contributed by atoms with Gasteiger partial charge in [0.15, 0.2) is 17.5 Å². The number of hydrazine groups is 1. The molecule has 1 atom stereocenters. The van der Waals surface area contributed by atoms with E-state index in [0.29, 0.717) is 19.6 Å². The third kappa shape index (κ3) is 4.46. The van der Waals surface area contributed by atoms with Crippen molar-refractivity contribution < 1.29 is 22.6 Å². The minimum Gasteiger partial charge on any atom is -0.382 e. The predicted octanol–water partition coefficient (Wildman–Crippen LogP) is 1.66. The molecule has 108 valence electrons. The molecule has 0 fully saturated rings. The zero-order valence-corrected chi connectivity index (χ0v) is 10.6. The Hall–Kier alpha value is -1.15. The van der Waals surface area contributed by atoms with Gasteiger partial charge in [0.1, 0.15) is 0 Å². The van der Waals surface area contributed by atoms with Gasteiger partial charge in [0, 0.05) is 19.3 Å². The molecular formula is C12H17F3N2O2. The Morgan fingerprint density at radius 2 is 1.89 bits per heavy atom. The number of hydrogen-bond acceptors (Lipinski definition) is 4. The van der Waals surface area contributed by atoms with Gasteiger partial charge in [-0.2, -0.15) is 0 Å². The first-order chi connectivity index (χ1) is 9.11. The van der Waals surface area contributed by atoms with Gasteiger partial charge in [-0.1, -0.05) is 6.07 Å². The van der Waals surface area contributed by atoms with Crippen molar-refractivity contribution in [2.75, 3.05) is 26.9 Å². The Bertz CT molecular complexity index is 405. The van der Waals surface area contributed by atoms with Gasteiger partial charge in [0.05, 0.1) is 19.3 Å². The van der Waals surface area contributed by atoms with Gasteiger partial charge in [-0.25, -0.2) is 13.2 Å². The van der Waals surface area contributed by atoms with Crippen molar-refractivity contribution in [2.24, 2.45) is 5.84 Å². The molecule has 0 amide bonds. The van der Waals surface area contributed by atoms with Crippen LogP contribution in [0.4, 0.5) is 13.2 Å². The quantitative estimate of drug-likeness (QED) is 0.329. The summed E-state index contributed by atoms with van der Waals surface area (Å²) in [6.07, 6.45) is 0.322. The maximum Gasteiger partial charge on any atom is 0.194 e. The van der Waals surface area contributed by atoms with Crippen LogP contribution >= 0.6 is 0 Å². The molecule has 0 aliphatic heterocycles. The number of methoxy groups -OCH3 is 1. The van der Waals surface area contributed by atoms with Gasteiger partial charge >= 0.3 is 0 Å². The highest BCUT2D eigenvalue weighted by atomic mass is 19.2. The van der Waals surface area contributed by atoms with E-state index >= 15 is 0 Å². The summed E-state index contributed by atoms with van der Waals surface area (Å²) in [5.74, 6) is 1.32. The van der Waals surface area contributed by atoms with E-state index in [9.17, 15) is 13.2 Å². The van der Waals surface area contributed by atoms with E-state index in [4.69, 9.17) is 15.3 Å². The number of nitrogens with two attached hydrogens (primary N) is 1. The predicted molar refractivity (Wildman–Crippen MR) is 63.7 cm³/mol. The minimum absolute atomic E-state index is 0.0308. The fraction of sp³-hybridized carbons (Fsp3) is 0.500. The molecule has 0 aliphatic carbocycles. The lowest BCUT2D eigenvalue weighted by Crippen LogP contribution is -2.30. The molecule has 19 heavy (non-hydrogen) atoms. The number of ether oxygens (including phenoxy) is 2. The van der Waals surface area contributed by atoms with E-state index in [-0.39, 0.29) is 12.2 Å². The second kappa shape index (κ2) is 8.11. The van der Waals surface area contributed by atoms with Gasteiger partial charge in [0.2, 0.25) is 0 Å². The monoisotopic (exact) mass is 278 g/mol. The first kappa shape index (κ1) is 15.9. The summed E-state index contributed by atoms with van der Waals surface area (Å²) >= 11 is 0. The lowest BCUT2D eigenvalue weighted by molar-refractivity contribution is 0.0656. The molecule has 1 aromatic rings. The van der Waals surface area contributed by atoms with E-state index in [1.165, 1.54) is 0 Å². The maximum absolute atomic E-state index is 13.6. The molecule has 0 bridgehead atoms. The van der Waals surface area contributed by atoms with Crippen LogP contribution in [0, 0.1) is 17.5 Å². The molecule has 1 aromatic carbocycles. The van der Waals surface area contributed by atoms with Crippen LogP contribution in [0.3, 0.4) is 0 Å². The highest BCUT2D eigenvalue weighted by Crippen LogP contribution is 2.23. The Morgan fingerprint density at radius 1 is 1.16 bits per heavy atom. The number of halogens is 3. The van der Waals surface area contributed by atoms with Crippen LogP contribution in [0.1, 0.15) is 18.0 Å². The fourth-order valence-corrected chi connectivity index (χ4v) is 1.58. The van der Waals surface area contributed by atoms with Crippen molar-refractivity contribution in [1.29, 1.82) is 0 Å². The van der Waals surface area contributed by atoms with Crippen LogP contribution in [0.5, 0.6) is 0 Å². The summed E-state index contributed by atoms with van der Waals surface area (Å²) in [5.41, 5.74) is 2.33. The average Bonchev–Trinajstić information content (AvgIpc) is 2.41. The van der Waals surface area contributed by atoms with Crippen molar-refractivity contribution in [3.8, 4) is 0 Å². The lowest BCUT2D eigenvalue weighted by Gasteiger charge is -2.17. The molecule has 0 saturated heterocycles. The van der Waals surface area contributed by atoms with E-state index in [1.807, 2.05) is 0 Å². The molecule has 0 aliphatic rings. The molecule has 0 saturated carbocycles. The summed E-state index contributed by atoms with van der Waals surface area (Å²) in [4.78, 5) is 0. The van der Waals surface area contributed by atoms with Gasteiger partial charge in [-0.3, -0.25) is 11.3 Å².